The largest absolute Gasteiger partial charge is 0.468 e. The fourth-order valence-corrected chi connectivity index (χ4v) is 2.61. The molecular weight excluding hydrogens is 263 g/mol. The van der Waals surface area contributed by atoms with Crippen molar-refractivity contribution in [3.63, 3.8) is 0 Å². The van der Waals surface area contributed by atoms with E-state index in [1.165, 1.54) is 13.0 Å². The van der Waals surface area contributed by atoms with Gasteiger partial charge in [0.25, 0.3) is 0 Å². The molecule has 0 saturated heterocycles. The molecule has 0 aliphatic carbocycles. The molecule has 0 saturated carbocycles. The van der Waals surface area contributed by atoms with Crippen molar-refractivity contribution in [1.29, 1.82) is 0 Å². The Kier molecular flexibility index (Phi) is 4.25. The highest BCUT2D eigenvalue weighted by Gasteiger charge is 2.25. The summed E-state index contributed by atoms with van der Waals surface area (Å²) in [7, 11) is -2.95. The van der Waals surface area contributed by atoms with E-state index in [4.69, 9.17) is 5.73 Å². The van der Waals surface area contributed by atoms with Gasteiger partial charge >= 0.3 is 5.97 Å². The van der Waals surface area contributed by atoms with Crippen LogP contribution in [0.2, 0.25) is 0 Å². The molecule has 18 heavy (non-hydrogen) atoms. The number of halogens is 1. The Balaban J connectivity index is 3.08. The number of nitrogen functional groups attached to an aromatic ring is 1. The van der Waals surface area contributed by atoms with Crippen molar-refractivity contribution in [1.82, 2.24) is 4.72 Å². The summed E-state index contributed by atoms with van der Waals surface area (Å²) in [4.78, 5) is 10.7. The Labute approximate surface area is 104 Å². The van der Waals surface area contributed by atoms with Crippen LogP contribution in [0.1, 0.15) is 6.92 Å². The van der Waals surface area contributed by atoms with Crippen LogP contribution in [0.5, 0.6) is 0 Å². The van der Waals surface area contributed by atoms with E-state index in [0.29, 0.717) is 0 Å². The number of sulfonamides is 1. The third-order valence-electron chi connectivity index (χ3n) is 2.19. The number of anilines is 1. The maximum Gasteiger partial charge on any atom is 0.323 e. The molecule has 0 amide bonds. The predicted octanol–water partition coefficient (Wildman–Crippen LogP) is 0.248. The molecule has 0 aliphatic rings. The Morgan fingerprint density at radius 3 is 2.67 bits per heavy atom. The van der Waals surface area contributed by atoms with Gasteiger partial charge in [-0.2, -0.15) is 4.72 Å². The molecule has 8 heteroatoms. The summed E-state index contributed by atoms with van der Waals surface area (Å²) >= 11 is 0. The number of methoxy groups -OCH3 is 1. The van der Waals surface area contributed by atoms with E-state index >= 15 is 0 Å². The van der Waals surface area contributed by atoms with Gasteiger partial charge in [-0.05, 0) is 19.1 Å². The smallest absolute Gasteiger partial charge is 0.323 e. The van der Waals surface area contributed by atoms with Crippen LogP contribution in [0.3, 0.4) is 0 Å². The van der Waals surface area contributed by atoms with Gasteiger partial charge in [0.2, 0.25) is 10.0 Å². The van der Waals surface area contributed by atoms with Crippen LogP contribution in [0.4, 0.5) is 10.1 Å². The molecule has 1 atom stereocenters. The first kappa shape index (κ1) is 14.4. The minimum Gasteiger partial charge on any atom is -0.468 e. The van der Waals surface area contributed by atoms with Crippen molar-refractivity contribution in [2.75, 3.05) is 12.8 Å². The van der Waals surface area contributed by atoms with E-state index in [0.717, 1.165) is 19.2 Å². The van der Waals surface area contributed by atoms with Gasteiger partial charge in [0.1, 0.15) is 16.8 Å². The second-order valence-electron chi connectivity index (χ2n) is 3.52. The van der Waals surface area contributed by atoms with Gasteiger partial charge in [-0.25, -0.2) is 12.8 Å². The van der Waals surface area contributed by atoms with Crippen molar-refractivity contribution in [3.8, 4) is 0 Å². The van der Waals surface area contributed by atoms with Crippen molar-refractivity contribution >= 4 is 21.7 Å². The molecule has 0 spiro atoms. The van der Waals surface area contributed by atoms with Crippen molar-refractivity contribution in [3.05, 3.63) is 24.0 Å². The van der Waals surface area contributed by atoms with Crippen molar-refractivity contribution < 1.29 is 22.3 Å². The number of rotatable bonds is 4. The first-order chi connectivity index (χ1) is 8.29. The fraction of sp³-hybridized carbons (Fsp3) is 0.300. The molecule has 0 bridgehead atoms. The van der Waals surface area contributed by atoms with Gasteiger partial charge in [0.15, 0.2) is 0 Å². The molecule has 0 radical (unpaired) electrons. The Morgan fingerprint density at radius 2 is 2.11 bits per heavy atom. The number of benzene rings is 1. The van der Waals surface area contributed by atoms with Crippen LogP contribution in [-0.2, 0) is 19.6 Å². The van der Waals surface area contributed by atoms with Crippen LogP contribution in [-0.4, -0.2) is 27.5 Å². The van der Waals surface area contributed by atoms with Crippen LogP contribution in [0.25, 0.3) is 0 Å². The lowest BCUT2D eigenvalue weighted by atomic mass is 10.3. The quantitative estimate of drug-likeness (QED) is 0.606. The van der Waals surface area contributed by atoms with E-state index in [-0.39, 0.29) is 0 Å². The molecule has 0 heterocycles. The van der Waals surface area contributed by atoms with Gasteiger partial charge in [0, 0.05) is 0 Å². The molecule has 1 aromatic carbocycles. The van der Waals surface area contributed by atoms with Crippen LogP contribution >= 0.6 is 0 Å². The number of carbonyl (C=O) groups excluding carboxylic acids is 1. The monoisotopic (exact) mass is 276 g/mol. The van der Waals surface area contributed by atoms with E-state index in [1.807, 2.05) is 4.72 Å². The van der Waals surface area contributed by atoms with Gasteiger partial charge < -0.3 is 10.5 Å². The van der Waals surface area contributed by atoms with E-state index < -0.39 is 38.4 Å². The number of ether oxygens (including phenoxy) is 1. The summed E-state index contributed by atoms with van der Waals surface area (Å²) in [5.74, 6) is -1.60. The molecule has 1 aromatic rings. The lowest BCUT2D eigenvalue weighted by Gasteiger charge is -2.13. The summed E-state index contributed by atoms with van der Waals surface area (Å²) in [6.07, 6.45) is 0. The van der Waals surface area contributed by atoms with E-state index in [1.54, 1.807) is 0 Å². The second-order valence-corrected chi connectivity index (χ2v) is 5.20. The molecule has 100 valence electrons. The number of esters is 1. The maximum atomic E-state index is 13.2. The van der Waals surface area contributed by atoms with E-state index in [2.05, 4.69) is 4.74 Å². The minimum absolute atomic E-state index is 0.418. The molecule has 1 unspecified atom stereocenters. The average Bonchev–Trinajstić information content (AvgIpc) is 2.30. The molecule has 6 nitrogen and oxygen atoms in total. The third-order valence-corrected chi connectivity index (χ3v) is 3.79. The number of nitrogens with one attached hydrogen (secondary N) is 1. The van der Waals surface area contributed by atoms with Gasteiger partial charge in [-0.3, -0.25) is 4.79 Å². The molecular formula is C10H13FN2O4S. The zero-order valence-corrected chi connectivity index (χ0v) is 10.6. The van der Waals surface area contributed by atoms with Crippen LogP contribution in [0.15, 0.2) is 23.1 Å². The summed E-state index contributed by atoms with van der Waals surface area (Å²) in [5, 5.41) is 0. The zero-order valence-electron chi connectivity index (χ0n) is 9.81. The average molecular weight is 276 g/mol. The third kappa shape index (κ3) is 2.96. The maximum absolute atomic E-state index is 13.2. The van der Waals surface area contributed by atoms with Gasteiger partial charge in [-0.15, -0.1) is 0 Å². The summed E-state index contributed by atoms with van der Waals surface area (Å²) < 4.78 is 43.3. The van der Waals surface area contributed by atoms with Crippen molar-refractivity contribution in [2.24, 2.45) is 0 Å². The molecule has 0 aliphatic heterocycles. The SMILES string of the molecule is COC(=O)C(C)NS(=O)(=O)c1cccc(F)c1N. The first-order valence-corrected chi connectivity index (χ1v) is 6.42. The number of carbonyl (C=O) groups is 1. The Bertz CT molecular complexity index is 559. The highest BCUT2D eigenvalue weighted by atomic mass is 32.2. The van der Waals surface area contributed by atoms with Crippen LogP contribution in [0, 0.1) is 5.82 Å². The number of hydrogen-bond acceptors (Lipinski definition) is 5. The Hall–Kier alpha value is -1.67. The molecule has 1 rings (SSSR count). The lowest BCUT2D eigenvalue weighted by molar-refractivity contribution is -0.142. The van der Waals surface area contributed by atoms with E-state index in [9.17, 15) is 17.6 Å². The minimum atomic E-state index is -4.08. The normalized spacial score (nSPS) is 13.1. The predicted molar refractivity (Wildman–Crippen MR) is 62.6 cm³/mol. The molecule has 0 aromatic heterocycles. The highest BCUT2D eigenvalue weighted by Crippen LogP contribution is 2.21. The first-order valence-electron chi connectivity index (χ1n) is 4.93. The second kappa shape index (κ2) is 5.32. The zero-order chi connectivity index (χ0) is 13.9. The highest BCUT2D eigenvalue weighted by molar-refractivity contribution is 7.89. The van der Waals surface area contributed by atoms with Crippen LogP contribution < -0.4 is 10.5 Å². The molecule has 0 fully saturated rings. The Morgan fingerprint density at radius 1 is 1.50 bits per heavy atom. The number of hydrogen-bond donors (Lipinski definition) is 2. The standard InChI is InChI=1S/C10H13FN2O4S/c1-6(10(14)17-2)13-18(15,16)8-5-3-4-7(11)9(8)12/h3-6,13H,12H2,1-2H3. The summed E-state index contributed by atoms with van der Waals surface area (Å²) in [6, 6.07) is 2.30. The van der Waals surface area contributed by atoms with Crippen molar-refractivity contribution in [2.45, 2.75) is 17.9 Å². The topological polar surface area (TPSA) is 98.5 Å². The molecule has 3 N–H and O–H groups in total. The lowest BCUT2D eigenvalue weighted by Crippen LogP contribution is -2.39. The summed E-state index contributed by atoms with van der Waals surface area (Å²) in [6.45, 7) is 1.30. The fourth-order valence-electron chi connectivity index (χ4n) is 1.27. The summed E-state index contributed by atoms with van der Waals surface area (Å²) in [5.41, 5.74) is 4.84. The van der Waals surface area contributed by atoms with Gasteiger partial charge in [-0.1, -0.05) is 6.07 Å². The van der Waals surface area contributed by atoms with Gasteiger partial charge in [0.05, 0.1) is 12.8 Å². The number of para-hydroxylation sites is 1. The number of nitrogens with two attached hydrogens (primary N) is 1.